The highest BCUT2D eigenvalue weighted by molar-refractivity contribution is 7.12. The third-order valence-corrected chi connectivity index (χ3v) is 2.63. The summed E-state index contributed by atoms with van der Waals surface area (Å²) in [7, 11) is 0. The molecule has 0 N–H and O–H groups in total. The molecule has 0 fully saturated rings. The summed E-state index contributed by atoms with van der Waals surface area (Å²) >= 11 is 1.29. The van der Waals surface area contributed by atoms with E-state index in [2.05, 4.69) is 4.99 Å². The lowest BCUT2D eigenvalue weighted by Crippen LogP contribution is -2.08. The Morgan fingerprint density at radius 1 is 1.67 bits per heavy atom. The van der Waals surface area contributed by atoms with Crippen molar-refractivity contribution in [1.82, 2.24) is 0 Å². The second-order valence-electron chi connectivity index (χ2n) is 2.57. The van der Waals surface area contributed by atoms with E-state index in [1.165, 1.54) is 24.3 Å². The minimum Gasteiger partial charge on any atom is -0.211 e. The molecule has 0 amide bonds. The standard InChI is InChI=1S/C8H8FNOS/c1-6-3-4-7(12-6)8(2,9)10-5-11/h3-4H,1-2H3. The smallest absolute Gasteiger partial charge is 0.211 e. The largest absolute Gasteiger partial charge is 0.243 e. The van der Waals surface area contributed by atoms with Gasteiger partial charge in [0.1, 0.15) is 0 Å². The van der Waals surface area contributed by atoms with E-state index in [0.29, 0.717) is 4.88 Å². The molecule has 4 heteroatoms. The van der Waals surface area contributed by atoms with Crippen molar-refractivity contribution in [2.45, 2.75) is 19.6 Å². The van der Waals surface area contributed by atoms with Gasteiger partial charge in [0.15, 0.2) is 0 Å². The molecular weight excluding hydrogens is 177 g/mol. The van der Waals surface area contributed by atoms with Gasteiger partial charge in [0.25, 0.3) is 0 Å². The van der Waals surface area contributed by atoms with Crippen LogP contribution in [-0.4, -0.2) is 6.08 Å². The van der Waals surface area contributed by atoms with Crippen LogP contribution in [0.1, 0.15) is 16.7 Å². The molecule has 0 aromatic carbocycles. The lowest BCUT2D eigenvalue weighted by molar-refractivity contribution is 0.211. The predicted octanol–water partition coefficient (Wildman–Crippen LogP) is 2.53. The topological polar surface area (TPSA) is 29.4 Å². The van der Waals surface area contributed by atoms with Crippen LogP contribution in [0.2, 0.25) is 0 Å². The molecule has 0 spiro atoms. The van der Waals surface area contributed by atoms with Crippen molar-refractivity contribution in [3.05, 3.63) is 21.9 Å². The molecule has 64 valence electrons. The zero-order chi connectivity index (χ0) is 9.19. The van der Waals surface area contributed by atoms with Crippen molar-refractivity contribution in [2.24, 2.45) is 4.99 Å². The summed E-state index contributed by atoms with van der Waals surface area (Å²) in [5.74, 6) is -1.92. The molecule has 1 atom stereocenters. The second-order valence-corrected chi connectivity index (χ2v) is 3.85. The van der Waals surface area contributed by atoms with E-state index in [9.17, 15) is 9.18 Å². The number of isocyanates is 1. The summed E-state index contributed by atoms with van der Waals surface area (Å²) in [5.41, 5.74) is 0. The minimum absolute atomic E-state index is 0.434. The first-order valence-electron chi connectivity index (χ1n) is 3.41. The minimum atomic E-state index is -1.92. The van der Waals surface area contributed by atoms with E-state index in [0.717, 1.165) is 4.88 Å². The SMILES string of the molecule is Cc1ccc(C(C)(F)N=C=O)s1. The molecule has 0 aliphatic carbocycles. The van der Waals surface area contributed by atoms with Crippen molar-refractivity contribution in [2.75, 3.05) is 0 Å². The molecule has 0 radical (unpaired) electrons. The summed E-state index contributed by atoms with van der Waals surface area (Å²) < 4.78 is 13.4. The number of carbonyl (C=O) groups excluding carboxylic acids is 1. The Morgan fingerprint density at radius 2 is 2.33 bits per heavy atom. The van der Waals surface area contributed by atoms with Crippen molar-refractivity contribution in [3.8, 4) is 0 Å². The molecule has 0 saturated carbocycles. The Kier molecular flexibility index (Phi) is 2.40. The Hall–Kier alpha value is -0.990. The number of rotatable bonds is 2. The zero-order valence-corrected chi connectivity index (χ0v) is 7.61. The lowest BCUT2D eigenvalue weighted by atomic mass is 10.2. The average Bonchev–Trinajstić information content (AvgIpc) is 2.36. The molecule has 1 rings (SSSR count). The maximum absolute atomic E-state index is 13.4. The fourth-order valence-electron chi connectivity index (χ4n) is 0.821. The van der Waals surface area contributed by atoms with Crippen LogP contribution in [0.5, 0.6) is 0 Å². The fraction of sp³-hybridized carbons (Fsp3) is 0.375. The normalized spacial score (nSPS) is 14.9. The molecular formula is C8H8FNOS. The number of aliphatic imine (C=N–C) groups is 1. The van der Waals surface area contributed by atoms with E-state index in [1.54, 1.807) is 12.1 Å². The third kappa shape index (κ3) is 1.78. The highest BCUT2D eigenvalue weighted by Crippen LogP contribution is 2.31. The first-order chi connectivity index (χ1) is 5.56. The van der Waals surface area contributed by atoms with E-state index < -0.39 is 5.79 Å². The van der Waals surface area contributed by atoms with Gasteiger partial charge in [-0.1, -0.05) is 0 Å². The summed E-state index contributed by atoms with van der Waals surface area (Å²) in [6.45, 7) is 3.11. The molecule has 1 aromatic rings. The van der Waals surface area contributed by atoms with Crippen LogP contribution in [0.25, 0.3) is 0 Å². The molecule has 1 heterocycles. The maximum atomic E-state index is 13.4. The number of hydrogen-bond donors (Lipinski definition) is 0. The Balaban J connectivity index is 3.04. The summed E-state index contributed by atoms with van der Waals surface area (Å²) in [6, 6.07) is 3.42. The molecule has 0 aliphatic heterocycles. The number of alkyl halides is 1. The van der Waals surface area contributed by atoms with Gasteiger partial charge in [0.2, 0.25) is 11.9 Å². The van der Waals surface area contributed by atoms with Gasteiger partial charge in [-0.2, -0.15) is 4.99 Å². The highest BCUT2D eigenvalue weighted by Gasteiger charge is 2.26. The van der Waals surface area contributed by atoms with Crippen molar-refractivity contribution in [3.63, 3.8) is 0 Å². The Morgan fingerprint density at radius 3 is 2.75 bits per heavy atom. The first-order valence-corrected chi connectivity index (χ1v) is 4.23. The average molecular weight is 185 g/mol. The van der Waals surface area contributed by atoms with E-state index in [1.807, 2.05) is 6.92 Å². The second kappa shape index (κ2) is 3.17. The molecule has 0 bridgehead atoms. The Bertz CT molecular complexity index is 326. The van der Waals surface area contributed by atoms with Crippen LogP contribution >= 0.6 is 11.3 Å². The van der Waals surface area contributed by atoms with Gasteiger partial charge in [0.05, 0.1) is 4.88 Å². The van der Waals surface area contributed by atoms with Gasteiger partial charge in [-0.15, -0.1) is 11.3 Å². The quantitative estimate of drug-likeness (QED) is 0.395. The summed E-state index contributed by atoms with van der Waals surface area (Å²) in [5, 5.41) is 0. The molecule has 1 unspecified atom stereocenters. The summed E-state index contributed by atoms with van der Waals surface area (Å²) in [4.78, 5) is 14.4. The zero-order valence-electron chi connectivity index (χ0n) is 6.80. The molecule has 2 nitrogen and oxygen atoms in total. The maximum Gasteiger partial charge on any atom is 0.243 e. The van der Waals surface area contributed by atoms with Crippen LogP contribution in [0.15, 0.2) is 17.1 Å². The predicted molar refractivity (Wildman–Crippen MR) is 45.6 cm³/mol. The van der Waals surface area contributed by atoms with Gasteiger partial charge in [-0.05, 0) is 26.0 Å². The van der Waals surface area contributed by atoms with Crippen LogP contribution in [0.3, 0.4) is 0 Å². The van der Waals surface area contributed by atoms with E-state index >= 15 is 0 Å². The van der Waals surface area contributed by atoms with Gasteiger partial charge in [0, 0.05) is 4.88 Å². The lowest BCUT2D eigenvalue weighted by Gasteiger charge is -2.09. The van der Waals surface area contributed by atoms with Crippen LogP contribution in [0, 0.1) is 6.92 Å². The molecule has 12 heavy (non-hydrogen) atoms. The number of halogens is 1. The first kappa shape index (κ1) is 9.10. The molecule has 0 aliphatic rings. The number of nitrogens with zero attached hydrogens (tertiary/aromatic N) is 1. The van der Waals surface area contributed by atoms with E-state index in [4.69, 9.17) is 0 Å². The third-order valence-electron chi connectivity index (χ3n) is 1.45. The van der Waals surface area contributed by atoms with Crippen LogP contribution in [0.4, 0.5) is 4.39 Å². The van der Waals surface area contributed by atoms with Gasteiger partial charge >= 0.3 is 0 Å². The van der Waals surface area contributed by atoms with E-state index in [-0.39, 0.29) is 0 Å². The van der Waals surface area contributed by atoms with Crippen molar-refractivity contribution in [1.29, 1.82) is 0 Å². The van der Waals surface area contributed by atoms with Crippen LogP contribution < -0.4 is 0 Å². The molecule has 1 aromatic heterocycles. The van der Waals surface area contributed by atoms with Crippen molar-refractivity contribution < 1.29 is 9.18 Å². The number of aryl methyl sites for hydroxylation is 1. The molecule has 0 saturated heterocycles. The fourth-order valence-corrected chi connectivity index (χ4v) is 1.67. The monoisotopic (exact) mass is 185 g/mol. The van der Waals surface area contributed by atoms with Crippen LogP contribution in [-0.2, 0) is 10.6 Å². The summed E-state index contributed by atoms with van der Waals surface area (Å²) in [6.07, 6.45) is 1.22. The van der Waals surface area contributed by atoms with Crippen molar-refractivity contribution >= 4 is 17.4 Å². The Labute approximate surface area is 73.8 Å². The number of thiophene rings is 1. The van der Waals surface area contributed by atoms with Gasteiger partial charge < -0.3 is 0 Å². The number of hydrogen-bond acceptors (Lipinski definition) is 3. The highest BCUT2D eigenvalue weighted by atomic mass is 32.1. The van der Waals surface area contributed by atoms with Gasteiger partial charge in [-0.3, -0.25) is 0 Å². The van der Waals surface area contributed by atoms with Gasteiger partial charge in [-0.25, -0.2) is 9.18 Å².